The molecule has 67 heavy (non-hydrogen) atoms. The second kappa shape index (κ2) is 24.2. The number of aromatic amines is 1. The van der Waals surface area contributed by atoms with Crippen molar-refractivity contribution in [3.63, 3.8) is 0 Å². The van der Waals surface area contributed by atoms with Crippen LogP contribution in [0.5, 0.6) is 0 Å². The number of carbonyl (C=O) groups is 7. The fourth-order valence-corrected chi connectivity index (χ4v) is 9.16. The number of fused-ring (bicyclic) bond motifs is 2. The molecule has 21 heteroatoms. The van der Waals surface area contributed by atoms with Gasteiger partial charge >= 0.3 is 5.97 Å². The van der Waals surface area contributed by atoms with Crippen LogP contribution in [0, 0.1) is 11.3 Å². The number of aliphatic hydroxyl groups is 1. The number of amides is 6. The summed E-state index contributed by atoms with van der Waals surface area (Å²) >= 11 is 0. The first kappa shape index (κ1) is 49.8. The summed E-state index contributed by atoms with van der Waals surface area (Å²) in [5.74, 6) is -5.11. The van der Waals surface area contributed by atoms with E-state index in [-0.39, 0.29) is 76.5 Å². The fourth-order valence-electron chi connectivity index (χ4n) is 9.16. The van der Waals surface area contributed by atoms with Crippen LogP contribution in [0.2, 0.25) is 0 Å². The number of nitrogens with one attached hydrogen (secondary N) is 9. The van der Waals surface area contributed by atoms with Gasteiger partial charge in [-0.05, 0) is 106 Å². The summed E-state index contributed by atoms with van der Waals surface area (Å²) in [6, 6.07) is 5.82. The van der Waals surface area contributed by atoms with Gasteiger partial charge in [-0.1, -0.05) is 30.3 Å². The number of nitrogens with zero attached hydrogens (tertiary/aromatic N) is 2. The summed E-state index contributed by atoms with van der Waals surface area (Å²) in [5, 5.41) is 47.8. The van der Waals surface area contributed by atoms with E-state index < -0.39 is 90.3 Å². The molecule has 2 saturated heterocycles. The van der Waals surface area contributed by atoms with Gasteiger partial charge in [-0.25, -0.2) is 4.98 Å². The number of aliphatic carboxylic acids is 1. The highest BCUT2D eigenvalue weighted by molar-refractivity contribution is 5.97. The molecule has 1 aliphatic carbocycles. The topological polar surface area (TPSA) is 326 Å². The lowest BCUT2D eigenvalue weighted by Crippen LogP contribution is -2.60. The largest absolute Gasteiger partial charge is 0.480 e. The second-order valence-electron chi connectivity index (χ2n) is 17.7. The number of pyridine rings is 1. The number of carboxylic acid groups (broad SMARTS) is 1. The highest BCUT2D eigenvalue weighted by Crippen LogP contribution is 2.29. The molecule has 3 aliphatic rings. The Morgan fingerprint density at radius 1 is 0.881 bits per heavy atom. The molecule has 6 rings (SSSR count). The van der Waals surface area contributed by atoms with Gasteiger partial charge < -0.3 is 57.7 Å². The van der Waals surface area contributed by atoms with Gasteiger partial charge in [0.1, 0.15) is 35.9 Å². The second-order valence-corrected chi connectivity index (χ2v) is 17.7. The third-order valence-corrected chi connectivity index (χ3v) is 12.8. The summed E-state index contributed by atoms with van der Waals surface area (Å²) in [5.41, 5.74) is 7.48. The molecule has 3 fully saturated rings. The first-order valence-electron chi connectivity index (χ1n) is 23.2. The van der Waals surface area contributed by atoms with Gasteiger partial charge in [0.2, 0.25) is 35.4 Å². The van der Waals surface area contributed by atoms with Crippen LogP contribution in [-0.4, -0.2) is 141 Å². The van der Waals surface area contributed by atoms with Crippen molar-refractivity contribution in [2.75, 3.05) is 26.2 Å². The first-order chi connectivity index (χ1) is 32.2. The lowest BCUT2D eigenvalue weighted by atomic mass is 9.83. The third kappa shape index (κ3) is 14.4. The normalized spacial score (nSPS) is 25.1. The number of hydrogen-bond acceptors (Lipinski definition) is 11. The molecule has 1 aromatic carbocycles. The van der Waals surface area contributed by atoms with Crippen LogP contribution in [0.15, 0.2) is 54.9 Å². The number of benzene rings is 1. The zero-order valence-corrected chi connectivity index (χ0v) is 37.6. The molecule has 6 amide bonds. The number of guanidine groups is 1. The van der Waals surface area contributed by atoms with E-state index in [1.54, 1.807) is 42.7 Å². The van der Waals surface area contributed by atoms with Crippen LogP contribution in [0.25, 0.3) is 11.0 Å². The van der Waals surface area contributed by atoms with Crippen molar-refractivity contribution in [2.24, 2.45) is 11.7 Å². The molecular weight excluding hydrogens is 865 g/mol. The van der Waals surface area contributed by atoms with Crippen molar-refractivity contribution in [1.29, 1.82) is 5.41 Å². The number of H-pyrrole nitrogens is 1. The standard InChI is InChI=1S/C46H64N12O9/c47-46(48)51-20-5-11-32-40(62)50-19-6-12-33(55-41(63)34(52-26-38(60)61)22-27-8-2-1-3-9-27)45(67)58-21-7-13-37(58)44(66)57-35(23-28-14-16-30(59)17-15-28)42(64)56-36(43(65)54-32)24-29-25-53-39-31(29)10-4-18-49-39/h1-4,8-10,18,25,28,30,32-37,52,59H,5-7,11-17,19-24,26H2,(H,49,53)(H,50,62)(H,54,65)(H,55,63)(H,56,64)(H,57,66)(H,60,61)(H4,47,48,51)/t28-,30+,32-,33-,34?,35+,36-,37-/m0/s1. The van der Waals surface area contributed by atoms with E-state index >= 15 is 0 Å². The Kier molecular flexibility index (Phi) is 18.0. The van der Waals surface area contributed by atoms with Gasteiger partial charge in [0, 0.05) is 43.8 Å². The minimum absolute atomic E-state index is 0.00414. The average molecular weight is 929 g/mol. The number of aromatic nitrogens is 2. The van der Waals surface area contributed by atoms with Crippen LogP contribution < -0.4 is 43.0 Å². The lowest BCUT2D eigenvalue weighted by Gasteiger charge is -2.33. The van der Waals surface area contributed by atoms with Gasteiger partial charge in [0.05, 0.1) is 18.7 Å². The molecular formula is C46H64N12O9. The minimum Gasteiger partial charge on any atom is -0.480 e. The smallest absolute Gasteiger partial charge is 0.317 e. The molecule has 2 aromatic heterocycles. The SMILES string of the molecule is N=C(N)NCCC[C@@H]1NC(=O)[C@H](Cc2c[nH]c3ncccc23)NC(=O)[C@@H](C[C@H]2CC[C@@H](O)CC2)NC(=O)[C@@H]2CCCN2C(=O)[C@@H](NC(=O)C(Cc2ccccc2)NCC(=O)O)CCCNC1=O. The van der Waals surface area contributed by atoms with E-state index in [2.05, 4.69) is 47.2 Å². The maximum atomic E-state index is 14.6. The average Bonchev–Trinajstić information content (AvgIpc) is 3.97. The Balaban J connectivity index is 1.31. The van der Waals surface area contributed by atoms with Gasteiger partial charge in [-0.2, -0.15) is 0 Å². The molecule has 21 nitrogen and oxygen atoms in total. The third-order valence-electron chi connectivity index (χ3n) is 12.8. The minimum atomic E-state index is -1.23. The number of nitrogens with two attached hydrogens (primary N) is 1. The van der Waals surface area contributed by atoms with Gasteiger partial charge in [-0.3, -0.25) is 44.3 Å². The summed E-state index contributed by atoms with van der Waals surface area (Å²) in [6.07, 6.45) is 6.75. The molecule has 4 heterocycles. The highest BCUT2D eigenvalue weighted by Gasteiger charge is 2.41. The van der Waals surface area contributed by atoms with Crippen LogP contribution in [0.4, 0.5) is 0 Å². The molecule has 13 N–H and O–H groups in total. The van der Waals surface area contributed by atoms with Crippen LogP contribution >= 0.6 is 0 Å². The first-order valence-corrected chi connectivity index (χ1v) is 23.2. The summed E-state index contributed by atoms with van der Waals surface area (Å²) in [4.78, 5) is 107. The number of aliphatic hydroxyl groups excluding tert-OH is 1. The van der Waals surface area contributed by atoms with Crippen molar-refractivity contribution < 1.29 is 43.8 Å². The van der Waals surface area contributed by atoms with Gasteiger partial charge in [0.15, 0.2) is 5.96 Å². The zero-order chi connectivity index (χ0) is 47.9. The Morgan fingerprint density at radius 2 is 1.61 bits per heavy atom. The molecule has 1 saturated carbocycles. The number of carbonyl (C=O) groups excluding carboxylic acids is 6. The predicted molar refractivity (Wildman–Crippen MR) is 246 cm³/mol. The van der Waals surface area contributed by atoms with Crippen LogP contribution in [0.1, 0.15) is 81.8 Å². The number of rotatable bonds is 15. The summed E-state index contributed by atoms with van der Waals surface area (Å²) in [7, 11) is 0. The Morgan fingerprint density at radius 3 is 2.36 bits per heavy atom. The monoisotopic (exact) mass is 928 g/mol. The van der Waals surface area contributed by atoms with E-state index in [1.165, 1.54) is 4.90 Å². The molecule has 6 atom stereocenters. The Labute approximate surface area is 388 Å². The molecule has 0 radical (unpaired) electrons. The van der Waals surface area contributed by atoms with E-state index in [1.807, 2.05) is 12.1 Å². The zero-order valence-electron chi connectivity index (χ0n) is 37.6. The van der Waals surface area contributed by atoms with Crippen molar-refractivity contribution in [3.05, 3.63) is 66.0 Å². The van der Waals surface area contributed by atoms with E-state index in [9.17, 15) is 43.8 Å². The maximum Gasteiger partial charge on any atom is 0.317 e. The summed E-state index contributed by atoms with van der Waals surface area (Å²) in [6.45, 7) is -0.0912. The molecule has 0 bridgehead atoms. The highest BCUT2D eigenvalue weighted by atomic mass is 16.4. The van der Waals surface area contributed by atoms with Gasteiger partial charge in [-0.15, -0.1) is 0 Å². The fraction of sp³-hybridized carbons (Fsp3) is 0.543. The molecule has 0 spiro atoms. The quantitative estimate of drug-likeness (QED) is 0.0517. The van der Waals surface area contributed by atoms with Crippen LogP contribution in [-0.2, 0) is 46.4 Å². The van der Waals surface area contributed by atoms with E-state index in [4.69, 9.17) is 11.1 Å². The van der Waals surface area contributed by atoms with Crippen molar-refractivity contribution in [1.82, 2.24) is 52.1 Å². The van der Waals surface area contributed by atoms with E-state index in [0.29, 0.717) is 49.7 Å². The lowest BCUT2D eigenvalue weighted by molar-refractivity contribution is -0.143. The van der Waals surface area contributed by atoms with Crippen molar-refractivity contribution >= 4 is 58.4 Å². The van der Waals surface area contributed by atoms with E-state index in [0.717, 1.165) is 10.9 Å². The van der Waals surface area contributed by atoms with Gasteiger partial charge in [0.25, 0.3) is 0 Å². The van der Waals surface area contributed by atoms with Crippen molar-refractivity contribution in [2.45, 2.75) is 126 Å². The van der Waals surface area contributed by atoms with Crippen molar-refractivity contribution in [3.8, 4) is 0 Å². The molecule has 1 unspecified atom stereocenters. The Bertz CT molecular complexity index is 2220. The number of carboxylic acids is 1. The molecule has 2 aliphatic heterocycles. The summed E-state index contributed by atoms with van der Waals surface area (Å²) < 4.78 is 0. The maximum absolute atomic E-state index is 14.6. The Hall–Kier alpha value is -6.61. The van der Waals surface area contributed by atoms with Crippen LogP contribution in [0.3, 0.4) is 0 Å². The number of hydrogen-bond donors (Lipinski definition) is 12. The molecule has 362 valence electrons. The predicted octanol–water partition coefficient (Wildman–Crippen LogP) is -0.564. The molecule has 3 aromatic rings.